The highest BCUT2D eigenvalue weighted by Gasteiger charge is 2.25. The van der Waals surface area contributed by atoms with E-state index in [0.29, 0.717) is 12.6 Å². The van der Waals surface area contributed by atoms with Gasteiger partial charge in [-0.3, -0.25) is 0 Å². The molecule has 4 heteroatoms. The lowest BCUT2D eigenvalue weighted by atomic mass is 10.1. The summed E-state index contributed by atoms with van der Waals surface area (Å²) in [6, 6.07) is 6.31. The van der Waals surface area contributed by atoms with Crippen LogP contribution in [0.3, 0.4) is 0 Å². The molecule has 2 rings (SSSR count). The molecule has 1 aliphatic rings. The molecule has 16 heavy (non-hydrogen) atoms. The molecule has 0 fully saturated rings. The third-order valence-electron chi connectivity index (χ3n) is 3.10. The summed E-state index contributed by atoms with van der Waals surface area (Å²) < 4.78 is 5.74. The van der Waals surface area contributed by atoms with Gasteiger partial charge in [-0.1, -0.05) is 6.07 Å². The van der Waals surface area contributed by atoms with Gasteiger partial charge in [-0.2, -0.15) is 0 Å². The van der Waals surface area contributed by atoms with Crippen molar-refractivity contribution < 1.29 is 4.74 Å². The molecule has 0 saturated carbocycles. The quantitative estimate of drug-likeness (QED) is 0.750. The van der Waals surface area contributed by atoms with Crippen LogP contribution in [0.15, 0.2) is 18.2 Å². The molecule has 0 saturated heterocycles. The number of hydrogen-bond donors (Lipinski definition) is 2. The number of para-hydroxylation sites is 1. The van der Waals surface area contributed by atoms with Crippen LogP contribution < -0.4 is 20.7 Å². The Morgan fingerprint density at radius 2 is 2.38 bits per heavy atom. The lowest BCUT2D eigenvalue weighted by molar-refractivity contribution is 0.261. The largest absolute Gasteiger partial charge is 0.487 e. The Hall–Kier alpha value is -1.42. The first-order valence-electron chi connectivity index (χ1n) is 5.62. The highest BCUT2D eigenvalue weighted by Crippen LogP contribution is 2.37. The number of nitrogens with zero attached hydrogens (tertiary/aromatic N) is 1. The Kier molecular flexibility index (Phi) is 3.19. The van der Waals surface area contributed by atoms with Crippen molar-refractivity contribution in [1.29, 1.82) is 0 Å². The van der Waals surface area contributed by atoms with Crippen LogP contribution in [0.1, 0.15) is 6.42 Å². The lowest BCUT2D eigenvalue weighted by Gasteiger charge is -2.36. The third-order valence-corrected chi connectivity index (χ3v) is 3.10. The molecule has 4 nitrogen and oxygen atoms in total. The van der Waals surface area contributed by atoms with Gasteiger partial charge in [-0.25, -0.2) is 0 Å². The summed E-state index contributed by atoms with van der Waals surface area (Å²) in [5.74, 6) is 0.825. The Labute approximate surface area is 96.4 Å². The first-order chi connectivity index (χ1) is 7.74. The van der Waals surface area contributed by atoms with Gasteiger partial charge in [0.25, 0.3) is 0 Å². The van der Waals surface area contributed by atoms with Crippen LogP contribution in [-0.4, -0.2) is 33.3 Å². The van der Waals surface area contributed by atoms with Gasteiger partial charge < -0.3 is 20.7 Å². The van der Waals surface area contributed by atoms with E-state index >= 15 is 0 Å². The molecular formula is C12H19N3O. The fraction of sp³-hybridized carbons (Fsp3) is 0.500. The molecule has 1 heterocycles. The van der Waals surface area contributed by atoms with Crippen LogP contribution in [-0.2, 0) is 0 Å². The lowest BCUT2D eigenvalue weighted by Crippen LogP contribution is -2.42. The normalized spacial score (nSPS) is 19.1. The smallest absolute Gasteiger partial charge is 0.165 e. The first-order valence-corrected chi connectivity index (χ1v) is 5.62. The highest BCUT2D eigenvalue weighted by molar-refractivity contribution is 5.71. The third kappa shape index (κ3) is 1.93. The average Bonchev–Trinajstić information content (AvgIpc) is 2.29. The fourth-order valence-electron chi connectivity index (χ4n) is 2.05. The molecule has 0 aliphatic carbocycles. The van der Waals surface area contributed by atoms with Crippen molar-refractivity contribution in [1.82, 2.24) is 5.32 Å². The van der Waals surface area contributed by atoms with Crippen molar-refractivity contribution in [3.8, 4) is 5.75 Å². The topological polar surface area (TPSA) is 50.5 Å². The molecular weight excluding hydrogens is 202 g/mol. The SMILES string of the molecule is CNCCC1COc2c(N)cccc2N1C. The highest BCUT2D eigenvalue weighted by atomic mass is 16.5. The van der Waals surface area contributed by atoms with Gasteiger partial charge in [0.15, 0.2) is 5.75 Å². The van der Waals surface area contributed by atoms with E-state index in [1.54, 1.807) is 0 Å². The summed E-state index contributed by atoms with van der Waals surface area (Å²) >= 11 is 0. The van der Waals surface area contributed by atoms with Crippen molar-refractivity contribution in [2.24, 2.45) is 0 Å². The minimum atomic E-state index is 0.418. The molecule has 0 spiro atoms. The Morgan fingerprint density at radius 3 is 3.12 bits per heavy atom. The number of likely N-dealkylation sites (N-methyl/N-ethyl adjacent to an activating group) is 1. The van der Waals surface area contributed by atoms with Crippen molar-refractivity contribution in [2.75, 3.05) is 37.9 Å². The van der Waals surface area contributed by atoms with Gasteiger partial charge in [-0.05, 0) is 32.1 Å². The number of nitrogen functional groups attached to an aromatic ring is 1. The number of fused-ring (bicyclic) bond motifs is 1. The van der Waals surface area contributed by atoms with Crippen molar-refractivity contribution >= 4 is 11.4 Å². The Balaban J connectivity index is 2.18. The fourth-order valence-corrected chi connectivity index (χ4v) is 2.05. The maximum atomic E-state index is 5.89. The zero-order valence-corrected chi connectivity index (χ0v) is 9.86. The standard InChI is InChI=1S/C12H19N3O/c1-14-7-6-9-8-16-12-10(13)4-3-5-11(12)15(9)2/h3-5,9,14H,6-8,13H2,1-2H3. The van der Waals surface area contributed by atoms with Crippen molar-refractivity contribution in [3.63, 3.8) is 0 Å². The van der Waals surface area contributed by atoms with E-state index in [9.17, 15) is 0 Å². The summed E-state index contributed by atoms with van der Waals surface area (Å²) in [5, 5.41) is 3.16. The van der Waals surface area contributed by atoms with Crippen LogP contribution >= 0.6 is 0 Å². The van der Waals surface area contributed by atoms with E-state index in [0.717, 1.165) is 30.1 Å². The van der Waals surface area contributed by atoms with Gasteiger partial charge >= 0.3 is 0 Å². The van der Waals surface area contributed by atoms with Crippen LogP contribution in [0.5, 0.6) is 5.75 Å². The van der Waals surface area contributed by atoms with Gasteiger partial charge in [0.05, 0.1) is 17.4 Å². The van der Waals surface area contributed by atoms with Crippen LogP contribution in [0.25, 0.3) is 0 Å². The van der Waals surface area contributed by atoms with E-state index < -0.39 is 0 Å². The minimum Gasteiger partial charge on any atom is -0.487 e. The van der Waals surface area contributed by atoms with Crippen LogP contribution in [0, 0.1) is 0 Å². The van der Waals surface area contributed by atoms with Gasteiger partial charge in [0.2, 0.25) is 0 Å². The predicted octanol–water partition coefficient (Wildman–Crippen LogP) is 1.08. The molecule has 1 unspecified atom stereocenters. The second-order valence-corrected chi connectivity index (χ2v) is 4.16. The number of ether oxygens (including phenoxy) is 1. The molecule has 1 atom stereocenters. The maximum absolute atomic E-state index is 5.89. The summed E-state index contributed by atoms with van der Waals surface area (Å²) in [4.78, 5) is 2.26. The van der Waals surface area contributed by atoms with Gasteiger partial charge in [-0.15, -0.1) is 0 Å². The second-order valence-electron chi connectivity index (χ2n) is 4.16. The van der Waals surface area contributed by atoms with Gasteiger partial charge in [0, 0.05) is 7.05 Å². The average molecular weight is 221 g/mol. The van der Waals surface area contributed by atoms with E-state index in [4.69, 9.17) is 10.5 Å². The van der Waals surface area contributed by atoms with Crippen LogP contribution in [0.2, 0.25) is 0 Å². The number of hydrogen-bond acceptors (Lipinski definition) is 4. The molecule has 3 N–H and O–H groups in total. The summed E-state index contributed by atoms with van der Waals surface area (Å²) in [6.07, 6.45) is 1.07. The number of benzene rings is 1. The minimum absolute atomic E-state index is 0.418. The Bertz CT molecular complexity index is 367. The predicted molar refractivity (Wildman–Crippen MR) is 67.1 cm³/mol. The number of anilines is 2. The summed E-state index contributed by atoms with van der Waals surface area (Å²) in [6.45, 7) is 1.70. The molecule has 0 bridgehead atoms. The molecule has 0 aromatic heterocycles. The number of rotatable bonds is 3. The first kappa shape index (κ1) is 11.1. The Morgan fingerprint density at radius 1 is 1.56 bits per heavy atom. The zero-order chi connectivity index (χ0) is 11.5. The molecule has 1 aromatic carbocycles. The second kappa shape index (κ2) is 4.61. The maximum Gasteiger partial charge on any atom is 0.165 e. The van der Waals surface area contributed by atoms with E-state index in [-0.39, 0.29) is 0 Å². The van der Waals surface area contributed by atoms with Crippen molar-refractivity contribution in [2.45, 2.75) is 12.5 Å². The van der Waals surface area contributed by atoms with Crippen LogP contribution in [0.4, 0.5) is 11.4 Å². The molecule has 88 valence electrons. The number of nitrogens with two attached hydrogens (primary N) is 1. The van der Waals surface area contributed by atoms with E-state index in [1.165, 1.54) is 0 Å². The molecule has 1 aromatic rings. The molecule has 1 aliphatic heterocycles. The van der Waals surface area contributed by atoms with E-state index in [2.05, 4.69) is 23.3 Å². The monoisotopic (exact) mass is 221 g/mol. The van der Waals surface area contributed by atoms with Crippen molar-refractivity contribution in [3.05, 3.63) is 18.2 Å². The summed E-state index contributed by atoms with van der Waals surface area (Å²) in [7, 11) is 4.07. The van der Waals surface area contributed by atoms with E-state index in [1.807, 2.05) is 19.2 Å². The number of nitrogens with one attached hydrogen (secondary N) is 1. The molecule has 0 amide bonds. The summed E-state index contributed by atoms with van der Waals surface area (Å²) in [5.41, 5.74) is 7.69. The molecule has 0 radical (unpaired) electrons. The zero-order valence-electron chi connectivity index (χ0n) is 9.86. The van der Waals surface area contributed by atoms with Gasteiger partial charge in [0.1, 0.15) is 6.61 Å².